The molecule has 5 heteroatoms. The van der Waals surface area contributed by atoms with E-state index < -0.39 is 0 Å². The lowest BCUT2D eigenvalue weighted by Crippen LogP contribution is -2.44. The molecule has 1 aromatic carbocycles. The van der Waals surface area contributed by atoms with Crippen LogP contribution in [-0.2, 0) is 11.3 Å². The number of nitrogens with one attached hydrogen (secondary N) is 1. The molecule has 1 aliphatic rings. The fourth-order valence-corrected chi connectivity index (χ4v) is 3.69. The third-order valence-electron chi connectivity index (χ3n) is 3.37. The van der Waals surface area contributed by atoms with Crippen LogP contribution >= 0.6 is 31.9 Å². The molecule has 1 aliphatic carbocycles. The van der Waals surface area contributed by atoms with E-state index in [1.54, 1.807) is 7.11 Å². The van der Waals surface area contributed by atoms with Gasteiger partial charge in [0.1, 0.15) is 5.75 Å². The topological polar surface area (TPSA) is 30.5 Å². The highest BCUT2D eigenvalue weighted by Crippen LogP contribution is 2.35. The largest absolute Gasteiger partial charge is 0.492 e. The van der Waals surface area contributed by atoms with Crippen molar-refractivity contribution in [1.29, 1.82) is 0 Å². The zero-order valence-electron chi connectivity index (χ0n) is 11.2. The molecule has 0 amide bonds. The van der Waals surface area contributed by atoms with Gasteiger partial charge in [-0.15, -0.1) is 0 Å². The summed E-state index contributed by atoms with van der Waals surface area (Å²) in [7, 11) is 1.78. The van der Waals surface area contributed by atoms with Gasteiger partial charge in [0.15, 0.2) is 0 Å². The highest BCUT2D eigenvalue weighted by molar-refractivity contribution is 9.11. The molecule has 0 aliphatic heterocycles. The van der Waals surface area contributed by atoms with Crippen LogP contribution in [0.3, 0.4) is 0 Å². The van der Waals surface area contributed by atoms with Gasteiger partial charge in [0.2, 0.25) is 0 Å². The minimum Gasteiger partial charge on any atom is -0.492 e. The molecule has 1 saturated carbocycles. The zero-order chi connectivity index (χ0) is 13.8. The van der Waals surface area contributed by atoms with Crippen LogP contribution in [-0.4, -0.2) is 25.9 Å². The number of methoxy groups -OCH3 is 1. The summed E-state index contributed by atoms with van der Waals surface area (Å²) in [6.07, 6.45) is 2.66. The van der Waals surface area contributed by atoms with Gasteiger partial charge in [-0.3, -0.25) is 0 Å². The molecule has 0 atom stereocenters. The van der Waals surface area contributed by atoms with Crippen molar-refractivity contribution >= 4 is 31.9 Å². The normalized spacial score (nSPS) is 22.1. The minimum absolute atomic E-state index is 0.441. The Kier molecular flexibility index (Phi) is 5.69. The molecule has 0 aromatic heterocycles. The van der Waals surface area contributed by atoms with Crippen LogP contribution in [0.2, 0.25) is 0 Å². The minimum atomic E-state index is 0.441. The van der Waals surface area contributed by atoms with Gasteiger partial charge in [-0.25, -0.2) is 0 Å². The quantitative estimate of drug-likeness (QED) is 0.796. The Morgan fingerprint density at radius 1 is 1.26 bits per heavy atom. The molecule has 0 heterocycles. The molecular formula is C14H19Br2NO2. The highest BCUT2D eigenvalue weighted by atomic mass is 79.9. The Morgan fingerprint density at radius 2 is 1.89 bits per heavy atom. The first kappa shape index (κ1) is 15.3. The van der Waals surface area contributed by atoms with Crippen molar-refractivity contribution in [3.8, 4) is 5.75 Å². The summed E-state index contributed by atoms with van der Waals surface area (Å²) in [6, 6.07) is 4.79. The van der Waals surface area contributed by atoms with Crippen molar-refractivity contribution in [3.63, 3.8) is 0 Å². The lowest BCUT2D eigenvalue weighted by molar-refractivity contribution is 0.0170. The van der Waals surface area contributed by atoms with E-state index in [1.807, 2.05) is 6.92 Å². The third-order valence-corrected chi connectivity index (χ3v) is 4.55. The number of rotatable bonds is 6. The van der Waals surface area contributed by atoms with E-state index in [4.69, 9.17) is 9.47 Å². The summed E-state index contributed by atoms with van der Waals surface area (Å²) in [5.41, 5.74) is 1.24. The molecule has 2 rings (SSSR count). The third kappa shape index (κ3) is 3.94. The number of halogens is 2. The van der Waals surface area contributed by atoms with E-state index in [9.17, 15) is 0 Å². The smallest absolute Gasteiger partial charge is 0.147 e. The lowest BCUT2D eigenvalue weighted by Gasteiger charge is -2.34. The molecule has 19 heavy (non-hydrogen) atoms. The first-order valence-electron chi connectivity index (χ1n) is 6.51. The number of hydrogen-bond acceptors (Lipinski definition) is 3. The lowest BCUT2D eigenvalue weighted by atomic mass is 9.89. The van der Waals surface area contributed by atoms with Crippen LogP contribution in [0.5, 0.6) is 5.75 Å². The van der Waals surface area contributed by atoms with Crippen LogP contribution in [0.15, 0.2) is 21.1 Å². The van der Waals surface area contributed by atoms with Crippen molar-refractivity contribution in [1.82, 2.24) is 5.32 Å². The first-order valence-corrected chi connectivity index (χ1v) is 8.09. The summed E-state index contributed by atoms with van der Waals surface area (Å²) in [5, 5.41) is 3.54. The summed E-state index contributed by atoms with van der Waals surface area (Å²) < 4.78 is 12.8. The maximum Gasteiger partial charge on any atom is 0.147 e. The molecule has 0 bridgehead atoms. The van der Waals surface area contributed by atoms with Crippen LogP contribution < -0.4 is 10.1 Å². The maximum atomic E-state index is 5.58. The monoisotopic (exact) mass is 391 g/mol. The molecule has 1 fully saturated rings. The van der Waals surface area contributed by atoms with Crippen LogP contribution in [0.25, 0.3) is 0 Å². The van der Waals surface area contributed by atoms with Crippen molar-refractivity contribution in [2.24, 2.45) is 0 Å². The molecule has 0 spiro atoms. The number of hydrogen-bond donors (Lipinski definition) is 1. The second-order valence-corrected chi connectivity index (χ2v) is 6.44. The van der Waals surface area contributed by atoms with Gasteiger partial charge in [0.25, 0.3) is 0 Å². The van der Waals surface area contributed by atoms with Gasteiger partial charge in [-0.1, -0.05) is 0 Å². The van der Waals surface area contributed by atoms with Gasteiger partial charge in [-0.05, 0) is 69.3 Å². The molecule has 3 nitrogen and oxygen atoms in total. The Labute approximate surface area is 131 Å². The van der Waals surface area contributed by atoms with Crippen LogP contribution in [0.1, 0.15) is 25.3 Å². The Balaban J connectivity index is 1.91. The summed E-state index contributed by atoms with van der Waals surface area (Å²) in [6.45, 7) is 3.51. The Bertz CT molecular complexity index is 410. The first-order chi connectivity index (χ1) is 9.13. The summed E-state index contributed by atoms with van der Waals surface area (Å²) in [4.78, 5) is 0. The van der Waals surface area contributed by atoms with Gasteiger partial charge in [0.05, 0.1) is 21.7 Å². The van der Waals surface area contributed by atoms with Crippen molar-refractivity contribution in [3.05, 3.63) is 26.6 Å². The maximum absolute atomic E-state index is 5.58. The SMILES string of the molecule is CCOc1c(Br)cc(CNC2CC(OC)C2)cc1Br. The Morgan fingerprint density at radius 3 is 2.42 bits per heavy atom. The second kappa shape index (κ2) is 7.07. The van der Waals surface area contributed by atoms with E-state index in [2.05, 4.69) is 49.3 Å². The fraction of sp³-hybridized carbons (Fsp3) is 0.571. The standard InChI is InChI=1S/C14H19Br2NO2/c1-3-19-14-12(15)4-9(5-13(14)16)8-17-10-6-11(7-10)18-2/h4-5,10-11,17H,3,6-8H2,1-2H3. The van der Waals surface area contributed by atoms with Crippen molar-refractivity contribution in [2.75, 3.05) is 13.7 Å². The molecular weight excluding hydrogens is 374 g/mol. The van der Waals surface area contributed by atoms with Crippen molar-refractivity contribution in [2.45, 2.75) is 38.5 Å². The average Bonchev–Trinajstić information content (AvgIpc) is 2.32. The second-order valence-electron chi connectivity index (χ2n) is 4.73. The van der Waals surface area contributed by atoms with Gasteiger partial charge in [-0.2, -0.15) is 0 Å². The van der Waals surface area contributed by atoms with E-state index in [1.165, 1.54) is 5.56 Å². The van der Waals surface area contributed by atoms with Crippen molar-refractivity contribution < 1.29 is 9.47 Å². The predicted octanol–water partition coefficient (Wildman–Crippen LogP) is 3.88. The van der Waals surface area contributed by atoms with E-state index in [-0.39, 0.29) is 0 Å². The van der Waals surface area contributed by atoms with E-state index in [0.717, 1.165) is 34.1 Å². The number of benzene rings is 1. The number of ether oxygens (including phenoxy) is 2. The van der Waals surface area contributed by atoms with Gasteiger partial charge < -0.3 is 14.8 Å². The molecule has 1 N–H and O–H groups in total. The molecule has 0 saturated heterocycles. The van der Waals surface area contributed by atoms with Crippen LogP contribution in [0, 0.1) is 0 Å². The average molecular weight is 393 g/mol. The molecule has 0 radical (unpaired) electrons. The zero-order valence-corrected chi connectivity index (χ0v) is 14.4. The van der Waals surface area contributed by atoms with E-state index in [0.29, 0.717) is 18.8 Å². The highest BCUT2D eigenvalue weighted by Gasteiger charge is 2.28. The van der Waals surface area contributed by atoms with Gasteiger partial charge in [0, 0.05) is 19.7 Å². The Hall–Kier alpha value is -0.100. The van der Waals surface area contributed by atoms with Crippen LogP contribution in [0.4, 0.5) is 0 Å². The molecule has 0 unspecified atom stereocenters. The molecule has 106 valence electrons. The molecule has 1 aromatic rings. The van der Waals surface area contributed by atoms with Gasteiger partial charge >= 0.3 is 0 Å². The fourth-order valence-electron chi connectivity index (χ4n) is 2.18. The summed E-state index contributed by atoms with van der Waals surface area (Å²) >= 11 is 7.11. The summed E-state index contributed by atoms with van der Waals surface area (Å²) in [5.74, 6) is 0.870. The van der Waals surface area contributed by atoms with E-state index >= 15 is 0 Å². The predicted molar refractivity (Wildman–Crippen MR) is 83.7 cm³/mol.